The van der Waals surface area contributed by atoms with E-state index in [9.17, 15) is 13.2 Å². The fourth-order valence-electron chi connectivity index (χ4n) is 3.85. The lowest BCUT2D eigenvalue weighted by molar-refractivity contribution is 0.0673. The van der Waals surface area contributed by atoms with Gasteiger partial charge in [0.25, 0.3) is 5.91 Å². The lowest BCUT2D eigenvalue weighted by Crippen LogP contribution is -2.55. The highest BCUT2D eigenvalue weighted by atomic mass is 32.2. The minimum atomic E-state index is -3.26. The van der Waals surface area contributed by atoms with Crippen molar-refractivity contribution in [2.45, 2.75) is 61.8 Å². The number of hydrogen-bond acceptors (Lipinski definition) is 4. The van der Waals surface area contributed by atoms with Crippen LogP contribution in [0.5, 0.6) is 0 Å². The molecule has 0 radical (unpaired) electrons. The van der Waals surface area contributed by atoms with Crippen molar-refractivity contribution in [2.24, 2.45) is 0 Å². The molecular weight excluding hydrogens is 324 g/mol. The number of piperazine rings is 1. The Bertz CT molecular complexity index is 683. The third-order valence-corrected chi connectivity index (χ3v) is 7.29. The molecule has 1 N–H and O–H groups in total. The normalized spacial score (nSPS) is 25.8. The topological polar surface area (TPSA) is 66.5 Å². The Morgan fingerprint density at radius 3 is 2.12 bits per heavy atom. The molecule has 1 saturated heterocycles. The molecule has 1 amide bonds. The summed E-state index contributed by atoms with van der Waals surface area (Å²) in [6.07, 6.45) is 3.47. The summed E-state index contributed by atoms with van der Waals surface area (Å²) in [4.78, 5) is 14.8. The Balaban J connectivity index is 1.75. The van der Waals surface area contributed by atoms with E-state index in [4.69, 9.17) is 0 Å². The monoisotopic (exact) mass is 350 g/mol. The van der Waals surface area contributed by atoms with Crippen LogP contribution in [0.4, 0.5) is 0 Å². The Hall–Kier alpha value is -1.40. The van der Waals surface area contributed by atoms with Gasteiger partial charge in [0, 0.05) is 30.7 Å². The van der Waals surface area contributed by atoms with Crippen molar-refractivity contribution in [3.63, 3.8) is 0 Å². The van der Waals surface area contributed by atoms with E-state index in [0.29, 0.717) is 23.5 Å². The van der Waals surface area contributed by atoms with Crippen LogP contribution >= 0.6 is 0 Å². The van der Waals surface area contributed by atoms with Crippen LogP contribution in [0.3, 0.4) is 0 Å². The van der Waals surface area contributed by atoms with Crippen LogP contribution < -0.4 is 5.32 Å². The maximum atomic E-state index is 12.7. The number of nitrogens with one attached hydrogen (secondary N) is 1. The molecule has 0 spiro atoms. The molecular formula is C18H26N2O3S. The molecule has 1 heterocycles. The highest BCUT2D eigenvalue weighted by Crippen LogP contribution is 2.29. The molecule has 2 fully saturated rings. The van der Waals surface area contributed by atoms with Crippen molar-refractivity contribution in [1.82, 2.24) is 10.2 Å². The number of benzene rings is 1. The van der Waals surface area contributed by atoms with Crippen LogP contribution in [-0.2, 0) is 9.84 Å². The Kier molecular flexibility index (Phi) is 4.97. The second kappa shape index (κ2) is 6.84. The van der Waals surface area contributed by atoms with Crippen LogP contribution in [0.1, 0.15) is 49.9 Å². The smallest absolute Gasteiger partial charge is 0.253 e. The lowest BCUT2D eigenvalue weighted by atomic mass is 10.1. The molecule has 24 heavy (non-hydrogen) atoms. The third-order valence-electron chi connectivity index (χ3n) is 5.02. The number of carbonyl (C=O) groups excluding carboxylic acids is 1. The van der Waals surface area contributed by atoms with E-state index in [-0.39, 0.29) is 23.2 Å². The SMILES string of the molecule is C[C@@H]1CN(C(=O)c2ccc(S(=O)(=O)C3CCCC3)cc2)C[C@@H](C)N1. The largest absolute Gasteiger partial charge is 0.336 e. The predicted octanol–water partition coefficient (Wildman–Crippen LogP) is 2.23. The van der Waals surface area contributed by atoms with E-state index in [1.54, 1.807) is 24.3 Å². The predicted molar refractivity (Wildman–Crippen MR) is 93.8 cm³/mol. The third kappa shape index (κ3) is 3.49. The van der Waals surface area contributed by atoms with Gasteiger partial charge in [0.05, 0.1) is 10.1 Å². The first kappa shape index (κ1) is 17.4. The Labute approximate surface area is 144 Å². The van der Waals surface area contributed by atoms with Gasteiger partial charge in [0.2, 0.25) is 0 Å². The molecule has 2 aliphatic rings. The molecule has 132 valence electrons. The molecule has 0 unspecified atom stereocenters. The minimum absolute atomic E-state index is 0.0278. The zero-order valence-corrected chi connectivity index (χ0v) is 15.2. The van der Waals surface area contributed by atoms with E-state index in [1.807, 2.05) is 4.90 Å². The van der Waals surface area contributed by atoms with E-state index in [1.165, 1.54) is 0 Å². The first-order chi connectivity index (χ1) is 11.4. The van der Waals surface area contributed by atoms with Gasteiger partial charge in [-0.1, -0.05) is 12.8 Å². The summed E-state index contributed by atoms with van der Waals surface area (Å²) in [6, 6.07) is 7.02. The number of hydrogen-bond donors (Lipinski definition) is 1. The summed E-state index contributed by atoms with van der Waals surface area (Å²) >= 11 is 0. The summed E-state index contributed by atoms with van der Waals surface area (Å²) in [7, 11) is -3.26. The number of sulfone groups is 1. The van der Waals surface area contributed by atoms with Gasteiger partial charge in [-0.25, -0.2) is 8.42 Å². The van der Waals surface area contributed by atoms with Gasteiger partial charge in [-0.2, -0.15) is 0 Å². The summed E-state index contributed by atoms with van der Waals surface area (Å²) < 4.78 is 25.2. The van der Waals surface area contributed by atoms with Crippen molar-refractivity contribution >= 4 is 15.7 Å². The first-order valence-electron chi connectivity index (χ1n) is 8.77. The lowest BCUT2D eigenvalue weighted by Gasteiger charge is -2.36. The fourth-order valence-corrected chi connectivity index (χ4v) is 5.71. The zero-order chi connectivity index (χ0) is 17.3. The summed E-state index contributed by atoms with van der Waals surface area (Å²) in [5.74, 6) is -0.0278. The maximum absolute atomic E-state index is 12.7. The number of rotatable bonds is 3. The zero-order valence-electron chi connectivity index (χ0n) is 14.4. The number of carbonyl (C=O) groups is 1. The second-order valence-electron chi connectivity index (χ2n) is 7.15. The van der Waals surface area contributed by atoms with Gasteiger partial charge in [0.15, 0.2) is 9.84 Å². The van der Waals surface area contributed by atoms with Gasteiger partial charge in [-0.3, -0.25) is 4.79 Å². The molecule has 2 atom stereocenters. The Morgan fingerprint density at radius 1 is 1.04 bits per heavy atom. The van der Waals surface area contributed by atoms with Gasteiger partial charge in [0.1, 0.15) is 0 Å². The van der Waals surface area contributed by atoms with Gasteiger partial charge < -0.3 is 10.2 Å². The average Bonchev–Trinajstić information content (AvgIpc) is 3.08. The van der Waals surface area contributed by atoms with Crippen LogP contribution in [0, 0.1) is 0 Å². The summed E-state index contributed by atoms with van der Waals surface area (Å²) in [6.45, 7) is 5.47. The summed E-state index contributed by atoms with van der Waals surface area (Å²) in [5, 5.41) is 3.15. The molecule has 6 heteroatoms. The standard InChI is InChI=1S/C18H26N2O3S/c1-13-11-20(12-14(2)19-13)18(21)15-7-9-17(10-8-15)24(22,23)16-5-3-4-6-16/h7-10,13-14,16,19H,3-6,11-12H2,1-2H3/t13-,14-/m1/s1. The van der Waals surface area contributed by atoms with Gasteiger partial charge in [-0.05, 0) is 51.0 Å². The van der Waals surface area contributed by atoms with Gasteiger partial charge >= 0.3 is 0 Å². The highest BCUT2D eigenvalue weighted by Gasteiger charge is 2.31. The fraction of sp³-hybridized carbons (Fsp3) is 0.611. The molecule has 3 rings (SSSR count). The number of amides is 1. The average molecular weight is 350 g/mol. The second-order valence-corrected chi connectivity index (χ2v) is 9.38. The molecule has 1 aliphatic carbocycles. The van der Waals surface area contributed by atoms with Crippen LogP contribution in [0.2, 0.25) is 0 Å². The van der Waals surface area contributed by atoms with Crippen molar-refractivity contribution in [3.05, 3.63) is 29.8 Å². The molecule has 1 aliphatic heterocycles. The number of nitrogens with zero attached hydrogens (tertiary/aromatic N) is 1. The van der Waals surface area contributed by atoms with E-state index < -0.39 is 9.84 Å². The Morgan fingerprint density at radius 2 is 1.58 bits per heavy atom. The van der Waals surface area contributed by atoms with E-state index in [0.717, 1.165) is 25.7 Å². The van der Waals surface area contributed by atoms with Crippen LogP contribution in [-0.4, -0.2) is 49.6 Å². The molecule has 1 aromatic rings. The van der Waals surface area contributed by atoms with Crippen molar-refractivity contribution < 1.29 is 13.2 Å². The summed E-state index contributed by atoms with van der Waals surface area (Å²) in [5.41, 5.74) is 0.557. The van der Waals surface area contributed by atoms with Crippen LogP contribution in [0.15, 0.2) is 29.2 Å². The highest BCUT2D eigenvalue weighted by molar-refractivity contribution is 7.92. The van der Waals surface area contributed by atoms with Crippen molar-refractivity contribution in [1.29, 1.82) is 0 Å². The first-order valence-corrected chi connectivity index (χ1v) is 10.3. The molecule has 1 saturated carbocycles. The molecule has 1 aromatic carbocycles. The maximum Gasteiger partial charge on any atom is 0.253 e. The van der Waals surface area contributed by atoms with Crippen molar-refractivity contribution in [3.8, 4) is 0 Å². The molecule has 5 nitrogen and oxygen atoms in total. The van der Waals surface area contributed by atoms with E-state index >= 15 is 0 Å². The van der Waals surface area contributed by atoms with Gasteiger partial charge in [-0.15, -0.1) is 0 Å². The minimum Gasteiger partial charge on any atom is -0.336 e. The van der Waals surface area contributed by atoms with Crippen LogP contribution in [0.25, 0.3) is 0 Å². The van der Waals surface area contributed by atoms with Crippen molar-refractivity contribution in [2.75, 3.05) is 13.1 Å². The molecule has 0 aromatic heterocycles. The quantitative estimate of drug-likeness (QED) is 0.908. The van der Waals surface area contributed by atoms with E-state index in [2.05, 4.69) is 19.2 Å². The molecule has 0 bridgehead atoms.